The molecule has 2 amide bonds. The number of rotatable bonds is 2. The Bertz CT molecular complexity index is 730. The van der Waals surface area contributed by atoms with Gasteiger partial charge >= 0.3 is 0 Å². The third kappa shape index (κ3) is 2.53. The SMILES string of the molecule is CNC(=O)[C@]12CCOC[C@H]1CN(C(=O)c1ccc(F)c(C#N)c1)C2. The molecule has 0 radical (unpaired) electrons. The van der Waals surface area contributed by atoms with E-state index in [1.54, 1.807) is 18.0 Å². The van der Waals surface area contributed by atoms with Gasteiger partial charge < -0.3 is 15.0 Å². The second kappa shape index (κ2) is 6.21. The van der Waals surface area contributed by atoms with Crippen molar-refractivity contribution >= 4 is 11.8 Å². The molecule has 7 heteroatoms. The Balaban J connectivity index is 1.87. The Morgan fingerprint density at radius 2 is 2.29 bits per heavy atom. The van der Waals surface area contributed by atoms with E-state index in [1.807, 2.05) is 0 Å². The molecule has 0 bridgehead atoms. The number of hydrogen-bond donors (Lipinski definition) is 1. The van der Waals surface area contributed by atoms with Gasteiger partial charge in [0.15, 0.2) is 0 Å². The molecule has 1 aromatic rings. The molecule has 1 aromatic carbocycles. The van der Waals surface area contributed by atoms with E-state index in [2.05, 4.69) is 5.32 Å². The maximum absolute atomic E-state index is 13.4. The van der Waals surface area contributed by atoms with Crippen LogP contribution < -0.4 is 5.32 Å². The molecule has 3 rings (SSSR count). The van der Waals surface area contributed by atoms with Gasteiger partial charge in [-0.2, -0.15) is 5.26 Å². The lowest BCUT2D eigenvalue weighted by molar-refractivity contribution is -0.138. The first-order chi connectivity index (χ1) is 11.5. The topological polar surface area (TPSA) is 82.4 Å². The van der Waals surface area contributed by atoms with Crippen LogP contribution in [0.15, 0.2) is 18.2 Å². The fourth-order valence-electron chi connectivity index (χ4n) is 3.65. The van der Waals surface area contributed by atoms with E-state index in [0.29, 0.717) is 32.7 Å². The summed E-state index contributed by atoms with van der Waals surface area (Å²) in [5, 5.41) is 11.6. The summed E-state index contributed by atoms with van der Waals surface area (Å²) in [6, 6.07) is 5.47. The number of nitriles is 1. The molecule has 2 aliphatic heterocycles. The van der Waals surface area contributed by atoms with Crippen LogP contribution >= 0.6 is 0 Å². The molecule has 24 heavy (non-hydrogen) atoms. The smallest absolute Gasteiger partial charge is 0.253 e. The van der Waals surface area contributed by atoms with Gasteiger partial charge in [-0.15, -0.1) is 0 Å². The molecule has 126 valence electrons. The van der Waals surface area contributed by atoms with E-state index in [1.165, 1.54) is 12.1 Å². The van der Waals surface area contributed by atoms with E-state index in [9.17, 15) is 14.0 Å². The van der Waals surface area contributed by atoms with Gasteiger partial charge in [0, 0.05) is 38.2 Å². The van der Waals surface area contributed by atoms with Crippen molar-refractivity contribution in [3.05, 3.63) is 35.1 Å². The zero-order valence-corrected chi connectivity index (χ0v) is 13.3. The predicted molar refractivity (Wildman–Crippen MR) is 82.4 cm³/mol. The van der Waals surface area contributed by atoms with E-state index >= 15 is 0 Å². The zero-order chi connectivity index (χ0) is 17.3. The number of nitrogens with one attached hydrogen (secondary N) is 1. The number of carbonyl (C=O) groups excluding carboxylic acids is 2. The quantitative estimate of drug-likeness (QED) is 0.874. The standard InChI is InChI=1S/C17H18FN3O3/c1-20-16(23)17-4-5-24-9-13(17)8-21(10-17)15(22)11-2-3-14(18)12(6-11)7-19/h2-3,6,13H,4-5,8-10H2,1H3,(H,20,23)/t13-,17+/m1/s1. The molecular weight excluding hydrogens is 313 g/mol. The van der Waals surface area contributed by atoms with Crippen LogP contribution in [0.2, 0.25) is 0 Å². The fourth-order valence-corrected chi connectivity index (χ4v) is 3.65. The molecule has 2 saturated heterocycles. The van der Waals surface area contributed by atoms with Crippen LogP contribution in [0.4, 0.5) is 4.39 Å². The number of nitrogens with zero attached hydrogens (tertiary/aromatic N) is 2. The number of amides is 2. The first-order valence-electron chi connectivity index (χ1n) is 7.80. The number of carbonyl (C=O) groups is 2. The van der Waals surface area contributed by atoms with E-state index in [0.717, 1.165) is 6.07 Å². The third-order valence-electron chi connectivity index (χ3n) is 5.01. The number of fused-ring (bicyclic) bond motifs is 1. The highest BCUT2D eigenvalue weighted by atomic mass is 19.1. The minimum absolute atomic E-state index is 0.0639. The van der Waals surface area contributed by atoms with Gasteiger partial charge in [-0.05, 0) is 24.6 Å². The van der Waals surface area contributed by atoms with Crippen molar-refractivity contribution in [2.75, 3.05) is 33.4 Å². The Morgan fingerprint density at radius 3 is 3.00 bits per heavy atom. The van der Waals surface area contributed by atoms with Crippen molar-refractivity contribution < 1.29 is 18.7 Å². The fraction of sp³-hybridized carbons (Fsp3) is 0.471. The maximum Gasteiger partial charge on any atom is 0.253 e. The largest absolute Gasteiger partial charge is 0.381 e. The summed E-state index contributed by atoms with van der Waals surface area (Å²) >= 11 is 0. The van der Waals surface area contributed by atoms with Gasteiger partial charge in [0.25, 0.3) is 5.91 Å². The van der Waals surface area contributed by atoms with Crippen molar-refractivity contribution in [1.29, 1.82) is 5.26 Å². The van der Waals surface area contributed by atoms with Crippen LogP contribution in [0.5, 0.6) is 0 Å². The minimum atomic E-state index is -0.653. The molecule has 0 saturated carbocycles. The molecule has 0 aromatic heterocycles. The van der Waals surface area contributed by atoms with Gasteiger partial charge in [0.2, 0.25) is 5.91 Å². The number of likely N-dealkylation sites (tertiary alicyclic amines) is 1. The van der Waals surface area contributed by atoms with E-state index in [4.69, 9.17) is 10.00 Å². The van der Waals surface area contributed by atoms with Crippen molar-refractivity contribution in [2.24, 2.45) is 11.3 Å². The Morgan fingerprint density at radius 1 is 1.50 bits per heavy atom. The number of ether oxygens (including phenoxy) is 1. The number of hydrogen-bond acceptors (Lipinski definition) is 4. The second-order valence-corrected chi connectivity index (χ2v) is 6.25. The average Bonchev–Trinajstić information content (AvgIpc) is 3.01. The van der Waals surface area contributed by atoms with E-state index in [-0.39, 0.29) is 28.9 Å². The van der Waals surface area contributed by atoms with Crippen molar-refractivity contribution in [3.8, 4) is 6.07 Å². The summed E-state index contributed by atoms with van der Waals surface area (Å²) < 4.78 is 18.9. The molecular formula is C17H18FN3O3. The summed E-state index contributed by atoms with van der Waals surface area (Å²) in [5.74, 6) is -1.10. The maximum atomic E-state index is 13.4. The minimum Gasteiger partial charge on any atom is -0.381 e. The lowest BCUT2D eigenvalue weighted by Crippen LogP contribution is -2.49. The summed E-state index contributed by atoms with van der Waals surface area (Å²) in [5.41, 5.74) is -0.554. The highest BCUT2D eigenvalue weighted by Crippen LogP contribution is 2.42. The normalized spacial score (nSPS) is 25.7. The van der Waals surface area contributed by atoms with Crippen LogP contribution in [-0.4, -0.2) is 50.1 Å². The number of benzene rings is 1. The highest BCUT2D eigenvalue weighted by molar-refractivity contribution is 5.96. The Hall–Kier alpha value is -2.46. The molecule has 1 N–H and O–H groups in total. The van der Waals surface area contributed by atoms with Crippen LogP contribution in [-0.2, 0) is 9.53 Å². The van der Waals surface area contributed by atoms with E-state index < -0.39 is 11.2 Å². The molecule has 2 aliphatic rings. The van der Waals surface area contributed by atoms with Crippen molar-refractivity contribution in [3.63, 3.8) is 0 Å². The highest BCUT2D eigenvalue weighted by Gasteiger charge is 2.54. The second-order valence-electron chi connectivity index (χ2n) is 6.25. The molecule has 0 unspecified atom stereocenters. The molecule has 2 atom stereocenters. The van der Waals surface area contributed by atoms with Gasteiger partial charge in [-0.3, -0.25) is 9.59 Å². The Kier molecular flexibility index (Phi) is 4.24. The summed E-state index contributed by atoms with van der Waals surface area (Å²) in [6.07, 6.45) is 0.563. The predicted octanol–water partition coefficient (Wildman–Crippen LogP) is 0.922. The van der Waals surface area contributed by atoms with Gasteiger partial charge in [0.05, 0.1) is 17.6 Å². The monoisotopic (exact) mass is 331 g/mol. The average molecular weight is 331 g/mol. The third-order valence-corrected chi connectivity index (χ3v) is 5.01. The molecule has 2 heterocycles. The van der Waals surface area contributed by atoms with Crippen LogP contribution in [0.25, 0.3) is 0 Å². The van der Waals surface area contributed by atoms with Crippen molar-refractivity contribution in [2.45, 2.75) is 6.42 Å². The molecule has 6 nitrogen and oxygen atoms in total. The molecule has 2 fully saturated rings. The summed E-state index contributed by atoms with van der Waals surface area (Å²) in [7, 11) is 1.59. The molecule has 0 spiro atoms. The van der Waals surface area contributed by atoms with Crippen molar-refractivity contribution in [1.82, 2.24) is 10.2 Å². The lowest BCUT2D eigenvalue weighted by Gasteiger charge is -2.36. The van der Waals surface area contributed by atoms with Gasteiger partial charge in [-0.1, -0.05) is 0 Å². The van der Waals surface area contributed by atoms with Gasteiger partial charge in [-0.25, -0.2) is 4.39 Å². The molecule has 0 aliphatic carbocycles. The van der Waals surface area contributed by atoms with Gasteiger partial charge in [0.1, 0.15) is 11.9 Å². The zero-order valence-electron chi connectivity index (χ0n) is 13.3. The summed E-state index contributed by atoms with van der Waals surface area (Å²) in [6.45, 7) is 1.63. The first kappa shape index (κ1) is 16.4. The van der Waals surface area contributed by atoms with Crippen LogP contribution in [0, 0.1) is 28.5 Å². The summed E-state index contributed by atoms with van der Waals surface area (Å²) in [4.78, 5) is 26.8. The number of halogens is 1. The first-order valence-corrected chi connectivity index (χ1v) is 7.80. The van der Waals surface area contributed by atoms with Crippen LogP contribution in [0.1, 0.15) is 22.3 Å². The lowest BCUT2D eigenvalue weighted by atomic mass is 9.73. The van der Waals surface area contributed by atoms with Crippen LogP contribution in [0.3, 0.4) is 0 Å². The Labute approximate surface area is 139 Å².